The van der Waals surface area contributed by atoms with E-state index >= 15 is 0 Å². The molecule has 0 amide bonds. The van der Waals surface area contributed by atoms with Gasteiger partial charge in [0.2, 0.25) is 0 Å². The van der Waals surface area contributed by atoms with E-state index in [1.165, 1.54) is 33.6 Å². The van der Waals surface area contributed by atoms with Crippen molar-refractivity contribution in [1.82, 2.24) is 9.13 Å². The topological polar surface area (TPSA) is 9.86 Å². The number of benzene rings is 2. The third-order valence-electron chi connectivity index (χ3n) is 7.04. The first kappa shape index (κ1) is 22.6. The molecule has 4 aromatic rings. The number of halogens is 2. The summed E-state index contributed by atoms with van der Waals surface area (Å²) in [4.78, 5) is 0. The zero-order valence-electron chi connectivity index (χ0n) is 18.1. The zero-order chi connectivity index (χ0) is 19.9. The molecule has 2 aromatic heterocycles. The Morgan fingerprint density at radius 1 is 0.613 bits per heavy atom. The first-order chi connectivity index (χ1) is 14.1. The molecule has 0 saturated heterocycles. The van der Waals surface area contributed by atoms with Crippen LogP contribution in [0.3, 0.4) is 0 Å². The molecule has 5 heteroatoms. The van der Waals surface area contributed by atoms with Crippen molar-refractivity contribution in [2.45, 2.75) is 21.1 Å². The molecule has 31 heavy (non-hydrogen) atoms. The summed E-state index contributed by atoms with van der Waals surface area (Å²) in [6, 6.07) is 23.1. The van der Waals surface area contributed by atoms with Crippen molar-refractivity contribution in [1.29, 1.82) is 0 Å². The molecule has 2 heterocycles. The molecule has 0 aliphatic heterocycles. The molecule has 0 bridgehead atoms. The van der Waals surface area contributed by atoms with E-state index in [1.54, 1.807) is 22.5 Å². The van der Waals surface area contributed by atoms with Crippen LogP contribution in [0, 0.1) is 13.8 Å². The molecule has 2 aromatic carbocycles. The third kappa shape index (κ3) is 3.08. The molecule has 0 spiro atoms. The number of fused-ring (bicyclic) bond motifs is 6. The van der Waals surface area contributed by atoms with E-state index in [0.717, 1.165) is 0 Å². The molecular formula is C26H24Cl2N2Zr. The largest absolute Gasteiger partial charge is 1.00 e. The molecule has 2 nitrogen and oxygen atoms in total. The predicted molar refractivity (Wildman–Crippen MR) is 115 cm³/mol. The fourth-order valence-corrected chi connectivity index (χ4v) is 10.8. The van der Waals surface area contributed by atoms with Crippen molar-refractivity contribution in [2.75, 3.05) is 0 Å². The Morgan fingerprint density at radius 3 is 1.42 bits per heavy atom. The van der Waals surface area contributed by atoms with E-state index in [2.05, 4.69) is 97.7 Å². The predicted octanol–water partition coefficient (Wildman–Crippen LogP) is -0.0893. The van der Waals surface area contributed by atoms with Crippen molar-refractivity contribution >= 4 is 0 Å². The first-order valence-electron chi connectivity index (χ1n) is 10.3. The van der Waals surface area contributed by atoms with Crippen molar-refractivity contribution in [2.24, 2.45) is 14.1 Å². The van der Waals surface area contributed by atoms with Crippen LogP contribution in [0.1, 0.15) is 41.2 Å². The van der Waals surface area contributed by atoms with Crippen molar-refractivity contribution < 1.29 is 48.0 Å². The number of hydrogen-bond donors (Lipinski definition) is 0. The van der Waals surface area contributed by atoms with E-state index in [-0.39, 0.29) is 24.8 Å². The second-order valence-electron chi connectivity index (χ2n) is 8.49. The number of rotatable bonds is 2. The molecule has 0 radical (unpaired) electrons. The number of nitrogens with zero attached hydrogens (tertiary/aromatic N) is 2. The Labute approximate surface area is 208 Å². The minimum atomic E-state index is -0.896. The van der Waals surface area contributed by atoms with Gasteiger partial charge in [-0.25, -0.2) is 0 Å². The number of aryl methyl sites for hydroxylation is 2. The standard InChI is InChI=1S/2C13H12N.2ClH.Zr/c2*1-9-7-12-11-6-4-3-5-10(11)8-13(12)14(9)2;;;/h2*3-8H,1-2H3;2*1H;/q;;;;+2/p-2. The van der Waals surface area contributed by atoms with Crippen LogP contribution in [0.15, 0.2) is 60.7 Å². The van der Waals surface area contributed by atoms with E-state index in [4.69, 9.17) is 0 Å². The SMILES string of the molecule is Cc1cc2c(n1C)[CH]([Zr+2][CH]1c3ccccc3-c3cc(C)n(C)c31)c1ccccc1-2.[Cl-].[Cl-]. The summed E-state index contributed by atoms with van der Waals surface area (Å²) in [7, 11) is 4.51. The Bertz CT molecular complexity index is 1200. The second kappa shape index (κ2) is 8.11. The first-order valence-corrected chi connectivity index (χ1v) is 13.2. The molecular weight excluding hydrogens is 502 g/mol. The van der Waals surface area contributed by atoms with Gasteiger partial charge in [0.15, 0.2) is 0 Å². The Morgan fingerprint density at radius 2 is 1.00 bits per heavy atom. The third-order valence-corrected chi connectivity index (χ3v) is 11.6. The minimum absolute atomic E-state index is 0. The Kier molecular flexibility index (Phi) is 5.92. The number of hydrogen-bond acceptors (Lipinski definition) is 0. The monoisotopic (exact) mass is 524 g/mol. The summed E-state index contributed by atoms with van der Waals surface area (Å²) < 4.78 is 6.11. The van der Waals surface area contributed by atoms with E-state index in [1.807, 2.05) is 0 Å². The van der Waals surface area contributed by atoms with Crippen molar-refractivity contribution in [3.8, 4) is 22.3 Å². The normalized spacial score (nSPS) is 17.0. The summed E-state index contributed by atoms with van der Waals surface area (Å²) in [6.07, 6.45) is 0. The van der Waals surface area contributed by atoms with Crippen molar-refractivity contribution in [3.63, 3.8) is 0 Å². The van der Waals surface area contributed by atoms with Gasteiger partial charge in [-0.05, 0) is 0 Å². The molecule has 6 rings (SSSR count). The second-order valence-corrected chi connectivity index (χ2v) is 12.2. The summed E-state index contributed by atoms with van der Waals surface area (Å²) in [5.74, 6) is 0. The summed E-state index contributed by atoms with van der Waals surface area (Å²) in [5.41, 5.74) is 14.9. The van der Waals surface area contributed by atoms with E-state index < -0.39 is 23.2 Å². The smallest absolute Gasteiger partial charge is 1.00 e. The van der Waals surface area contributed by atoms with Gasteiger partial charge < -0.3 is 24.8 Å². The summed E-state index contributed by atoms with van der Waals surface area (Å²) >= 11 is -0.896. The molecule has 0 saturated carbocycles. The van der Waals surface area contributed by atoms with Crippen LogP contribution in [0.25, 0.3) is 22.3 Å². The van der Waals surface area contributed by atoms with Gasteiger partial charge in [0.05, 0.1) is 0 Å². The fraction of sp³-hybridized carbons (Fsp3) is 0.231. The fourth-order valence-electron chi connectivity index (χ4n) is 5.42. The van der Waals surface area contributed by atoms with Gasteiger partial charge in [-0.1, -0.05) is 0 Å². The van der Waals surface area contributed by atoms with Gasteiger partial charge in [-0.3, -0.25) is 0 Å². The van der Waals surface area contributed by atoms with Gasteiger partial charge in [0.25, 0.3) is 0 Å². The quantitative estimate of drug-likeness (QED) is 0.346. The maximum Gasteiger partial charge on any atom is -1.00 e. The van der Waals surface area contributed by atoms with Crippen LogP contribution >= 0.6 is 0 Å². The van der Waals surface area contributed by atoms with Gasteiger partial charge in [0.1, 0.15) is 0 Å². The molecule has 2 aliphatic rings. The molecule has 156 valence electrons. The van der Waals surface area contributed by atoms with Gasteiger partial charge in [-0.15, -0.1) is 0 Å². The van der Waals surface area contributed by atoms with Gasteiger partial charge >= 0.3 is 184 Å². The van der Waals surface area contributed by atoms with Crippen LogP contribution in [0.5, 0.6) is 0 Å². The average molecular weight is 527 g/mol. The van der Waals surface area contributed by atoms with Crippen LogP contribution in [-0.2, 0) is 37.3 Å². The van der Waals surface area contributed by atoms with Crippen LogP contribution in [0.4, 0.5) is 0 Å². The van der Waals surface area contributed by atoms with Gasteiger partial charge in [-0.2, -0.15) is 0 Å². The Hall–Kier alpha value is -1.54. The van der Waals surface area contributed by atoms with E-state index in [9.17, 15) is 0 Å². The minimum Gasteiger partial charge on any atom is -1.00 e. The average Bonchev–Trinajstić information content (AvgIpc) is 3.39. The van der Waals surface area contributed by atoms with Crippen LogP contribution in [-0.4, -0.2) is 9.13 Å². The number of aromatic nitrogens is 2. The summed E-state index contributed by atoms with van der Waals surface area (Å²) in [5, 5.41) is 0. The van der Waals surface area contributed by atoms with Crippen LogP contribution < -0.4 is 24.8 Å². The maximum absolute atomic E-state index is 2.46. The maximum atomic E-state index is 2.46. The van der Waals surface area contributed by atoms with Gasteiger partial charge in [0, 0.05) is 0 Å². The molecule has 2 aliphatic carbocycles. The Balaban J connectivity index is 0.00000116. The van der Waals surface area contributed by atoms with Crippen LogP contribution in [0.2, 0.25) is 0 Å². The molecule has 2 atom stereocenters. The van der Waals surface area contributed by atoms with E-state index in [0.29, 0.717) is 7.25 Å². The zero-order valence-corrected chi connectivity index (χ0v) is 22.0. The molecule has 2 unspecified atom stereocenters. The summed E-state index contributed by atoms with van der Waals surface area (Å²) in [6.45, 7) is 4.49. The van der Waals surface area contributed by atoms with Crippen molar-refractivity contribution in [3.05, 3.63) is 94.6 Å². The molecule has 0 N–H and O–H groups in total. The molecule has 0 fully saturated rings.